The van der Waals surface area contributed by atoms with Gasteiger partial charge in [-0.2, -0.15) is 0 Å². The maximum absolute atomic E-state index is 11.9. The molecule has 1 saturated heterocycles. The second-order valence-corrected chi connectivity index (χ2v) is 6.19. The van der Waals surface area contributed by atoms with E-state index in [4.69, 9.17) is 4.52 Å². The highest BCUT2D eigenvalue weighted by Gasteiger charge is 2.19. The summed E-state index contributed by atoms with van der Waals surface area (Å²) < 4.78 is 5.20. The lowest BCUT2D eigenvalue weighted by atomic mass is 10.1. The summed E-state index contributed by atoms with van der Waals surface area (Å²) >= 11 is 0. The fraction of sp³-hybridized carbons (Fsp3) is 0.733. The second kappa shape index (κ2) is 7.56. The van der Waals surface area contributed by atoms with Gasteiger partial charge in [0.05, 0.1) is 24.9 Å². The Morgan fingerprint density at radius 3 is 3.14 bits per heavy atom. The summed E-state index contributed by atoms with van der Waals surface area (Å²) in [6, 6.07) is 1.89. The van der Waals surface area contributed by atoms with Gasteiger partial charge in [0, 0.05) is 12.6 Å². The first-order valence-electron chi connectivity index (χ1n) is 7.64. The van der Waals surface area contributed by atoms with Gasteiger partial charge in [0.1, 0.15) is 0 Å². The van der Waals surface area contributed by atoms with Crippen molar-refractivity contribution in [3.63, 3.8) is 0 Å². The predicted molar refractivity (Wildman–Crippen MR) is 78.6 cm³/mol. The molecule has 0 spiro atoms. The smallest absolute Gasteiger partial charge is 0.234 e. The third-order valence-electron chi connectivity index (χ3n) is 3.53. The van der Waals surface area contributed by atoms with Crippen LogP contribution in [0.2, 0.25) is 0 Å². The average Bonchev–Trinajstić information content (AvgIpc) is 2.83. The van der Waals surface area contributed by atoms with Crippen molar-refractivity contribution in [2.24, 2.45) is 5.92 Å². The van der Waals surface area contributed by atoms with Gasteiger partial charge < -0.3 is 14.9 Å². The second-order valence-electron chi connectivity index (χ2n) is 6.19. The highest BCUT2D eigenvalue weighted by atomic mass is 16.5. The quantitative estimate of drug-likeness (QED) is 0.817. The van der Waals surface area contributed by atoms with Gasteiger partial charge in [-0.25, -0.2) is 0 Å². The molecule has 1 aromatic heterocycles. The Kier molecular flexibility index (Phi) is 5.76. The van der Waals surface area contributed by atoms with E-state index in [0.29, 0.717) is 31.3 Å². The van der Waals surface area contributed by atoms with Gasteiger partial charge in [-0.05, 0) is 31.7 Å². The summed E-state index contributed by atoms with van der Waals surface area (Å²) in [5.41, 5.74) is 0.924. The maximum Gasteiger partial charge on any atom is 0.234 e. The molecule has 6 heteroatoms. The number of carbonyl (C=O) groups is 1. The summed E-state index contributed by atoms with van der Waals surface area (Å²) in [6.07, 6.45) is 2.34. The first-order valence-corrected chi connectivity index (χ1v) is 7.64. The molecule has 0 saturated carbocycles. The zero-order chi connectivity index (χ0) is 15.2. The minimum Gasteiger partial charge on any atom is -0.392 e. The van der Waals surface area contributed by atoms with Crippen molar-refractivity contribution in [3.05, 3.63) is 17.5 Å². The van der Waals surface area contributed by atoms with Gasteiger partial charge in [0.2, 0.25) is 5.91 Å². The molecule has 21 heavy (non-hydrogen) atoms. The van der Waals surface area contributed by atoms with E-state index in [-0.39, 0.29) is 12.0 Å². The Balaban J connectivity index is 1.72. The third-order valence-corrected chi connectivity index (χ3v) is 3.53. The number of hydrogen-bond donors (Lipinski definition) is 2. The molecule has 1 aliphatic rings. The van der Waals surface area contributed by atoms with E-state index < -0.39 is 0 Å². The Bertz CT molecular complexity index is 459. The fourth-order valence-electron chi connectivity index (χ4n) is 2.57. The molecule has 0 radical (unpaired) electrons. The van der Waals surface area contributed by atoms with E-state index in [1.54, 1.807) is 0 Å². The summed E-state index contributed by atoms with van der Waals surface area (Å²) in [4.78, 5) is 13.9. The van der Waals surface area contributed by atoms with Crippen LogP contribution < -0.4 is 5.32 Å². The molecule has 0 aliphatic carbocycles. The van der Waals surface area contributed by atoms with Crippen LogP contribution in [0.4, 0.5) is 0 Å². The van der Waals surface area contributed by atoms with Crippen LogP contribution in [-0.4, -0.2) is 46.8 Å². The van der Waals surface area contributed by atoms with Crippen molar-refractivity contribution in [1.29, 1.82) is 0 Å². The number of piperidine rings is 1. The minimum atomic E-state index is -0.306. The van der Waals surface area contributed by atoms with E-state index in [1.807, 2.05) is 11.0 Å². The topological polar surface area (TPSA) is 78.6 Å². The molecule has 1 amide bonds. The molecule has 2 N–H and O–H groups in total. The summed E-state index contributed by atoms with van der Waals surface area (Å²) in [5.74, 6) is 1.16. The zero-order valence-corrected chi connectivity index (χ0v) is 12.8. The van der Waals surface area contributed by atoms with Crippen molar-refractivity contribution < 1.29 is 14.4 Å². The molecule has 6 nitrogen and oxygen atoms in total. The van der Waals surface area contributed by atoms with E-state index in [9.17, 15) is 9.90 Å². The summed E-state index contributed by atoms with van der Waals surface area (Å²) in [6.45, 7) is 6.39. The van der Waals surface area contributed by atoms with Gasteiger partial charge in [0.25, 0.3) is 0 Å². The average molecular weight is 295 g/mol. The van der Waals surface area contributed by atoms with Crippen molar-refractivity contribution in [2.75, 3.05) is 19.6 Å². The third kappa shape index (κ3) is 5.47. The highest BCUT2D eigenvalue weighted by Crippen LogP contribution is 2.10. The van der Waals surface area contributed by atoms with Crippen LogP contribution in [0.25, 0.3) is 0 Å². The van der Waals surface area contributed by atoms with Gasteiger partial charge in [-0.3, -0.25) is 9.69 Å². The number of hydrogen-bond acceptors (Lipinski definition) is 5. The van der Waals surface area contributed by atoms with Crippen molar-refractivity contribution in [1.82, 2.24) is 15.4 Å². The lowest BCUT2D eigenvalue weighted by Crippen LogP contribution is -2.44. The number of carbonyl (C=O) groups excluding carboxylic acids is 1. The van der Waals surface area contributed by atoms with Crippen LogP contribution >= 0.6 is 0 Å². The molecule has 2 rings (SSSR count). The first-order chi connectivity index (χ1) is 10.0. The van der Waals surface area contributed by atoms with E-state index >= 15 is 0 Å². The van der Waals surface area contributed by atoms with Crippen LogP contribution in [-0.2, 0) is 17.8 Å². The monoisotopic (exact) mass is 295 g/mol. The van der Waals surface area contributed by atoms with E-state index in [1.165, 1.54) is 0 Å². The molecule has 0 unspecified atom stereocenters. The SMILES string of the molecule is CC(C)Cc1cc(CNC(=O)CN2CCC[C@H](O)C2)on1. The van der Waals surface area contributed by atoms with Crippen LogP contribution in [0.15, 0.2) is 10.6 Å². The van der Waals surface area contributed by atoms with Crippen molar-refractivity contribution >= 4 is 5.91 Å². The fourth-order valence-corrected chi connectivity index (χ4v) is 2.57. The zero-order valence-electron chi connectivity index (χ0n) is 12.8. The Hall–Kier alpha value is -1.40. The van der Waals surface area contributed by atoms with Gasteiger partial charge in [0.15, 0.2) is 5.76 Å². The van der Waals surface area contributed by atoms with Crippen molar-refractivity contribution in [2.45, 2.75) is 45.8 Å². The van der Waals surface area contributed by atoms with E-state index in [0.717, 1.165) is 31.5 Å². The van der Waals surface area contributed by atoms with Gasteiger partial charge in [-0.15, -0.1) is 0 Å². The highest BCUT2D eigenvalue weighted by molar-refractivity contribution is 5.77. The number of aliphatic hydroxyl groups is 1. The summed E-state index contributed by atoms with van der Waals surface area (Å²) in [5, 5.41) is 16.4. The van der Waals surface area contributed by atoms with Crippen LogP contribution in [0.1, 0.15) is 38.1 Å². The number of nitrogens with one attached hydrogen (secondary N) is 1. The lowest BCUT2D eigenvalue weighted by Gasteiger charge is -2.29. The molecular formula is C15H25N3O3. The number of nitrogens with zero attached hydrogens (tertiary/aromatic N) is 2. The van der Waals surface area contributed by atoms with Gasteiger partial charge in [-0.1, -0.05) is 19.0 Å². The van der Waals surface area contributed by atoms with Crippen LogP contribution in [0.3, 0.4) is 0 Å². The Morgan fingerprint density at radius 1 is 1.62 bits per heavy atom. The summed E-state index contributed by atoms with van der Waals surface area (Å²) in [7, 11) is 0. The number of likely N-dealkylation sites (tertiary alicyclic amines) is 1. The Morgan fingerprint density at radius 2 is 2.43 bits per heavy atom. The van der Waals surface area contributed by atoms with Crippen molar-refractivity contribution in [3.8, 4) is 0 Å². The number of aliphatic hydroxyl groups excluding tert-OH is 1. The molecule has 0 aromatic carbocycles. The first kappa shape index (κ1) is 16.0. The van der Waals surface area contributed by atoms with Crippen LogP contribution in [0.5, 0.6) is 0 Å². The number of amides is 1. The number of aromatic nitrogens is 1. The molecular weight excluding hydrogens is 270 g/mol. The predicted octanol–water partition coefficient (Wildman–Crippen LogP) is 0.946. The molecule has 1 aliphatic heterocycles. The molecule has 0 bridgehead atoms. The number of rotatable bonds is 6. The van der Waals surface area contributed by atoms with Gasteiger partial charge >= 0.3 is 0 Å². The molecule has 118 valence electrons. The Labute approximate surface area is 125 Å². The molecule has 2 heterocycles. The maximum atomic E-state index is 11.9. The standard InChI is InChI=1S/C15H25N3O3/c1-11(2)6-12-7-14(21-17-12)8-16-15(20)10-18-5-3-4-13(19)9-18/h7,11,13,19H,3-6,8-10H2,1-2H3,(H,16,20)/t13-/m0/s1. The lowest BCUT2D eigenvalue weighted by molar-refractivity contribution is -0.123. The molecule has 1 fully saturated rings. The molecule has 1 atom stereocenters. The van der Waals surface area contributed by atoms with E-state index in [2.05, 4.69) is 24.3 Å². The van der Waals surface area contributed by atoms with Crippen LogP contribution in [0, 0.1) is 5.92 Å². The largest absolute Gasteiger partial charge is 0.392 e. The minimum absolute atomic E-state index is 0.0501. The molecule has 1 aromatic rings. The number of β-amino-alcohol motifs (C(OH)–C–C–N with tert-alkyl or cyclic N) is 1. The normalized spacial score (nSPS) is 19.9.